The second-order valence-corrected chi connectivity index (χ2v) is 7.92. The summed E-state index contributed by atoms with van der Waals surface area (Å²) in [5.74, 6) is -19.0. The van der Waals surface area contributed by atoms with Crippen molar-refractivity contribution >= 4 is 0 Å². The molecule has 2 unspecified atom stereocenters. The molecule has 2 atom stereocenters. The molecule has 0 nitrogen and oxygen atoms in total. The zero-order chi connectivity index (χ0) is 22.2. The van der Waals surface area contributed by atoms with Crippen molar-refractivity contribution < 1.29 is 43.9 Å². The number of rotatable bonds is 0. The van der Waals surface area contributed by atoms with Crippen molar-refractivity contribution in [2.45, 2.75) is 116 Å². The van der Waals surface area contributed by atoms with E-state index in [1.54, 1.807) is 6.92 Å². The van der Waals surface area contributed by atoms with Gasteiger partial charge in [-0.2, -0.15) is 26.3 Å². The first-order valence-electron chi connectivity index (χ1n) is 8.93. The molecule has 182 valence electrons. The third kappa shape index (κ3) is 6.05. The van der Waals surface area contributed by atoms with Gasteiger partial charge in [0.2, 0.25) is 0 Å². The molecular formula is C20H32F10. The fraction of sp³-hybridized carbons (Fsp3) is 0.900. The standard InChI is InChI=1S/C6H3F7.C6H10F2.C6H11F.2CH4/c1-2-3(7)5(10,11)6(12,13)4(2,8)9;1-6(8)4-2-3-5(6)7;1-6(7)4-2-3-5-6;;/h1H3;5H,2-4H2,1H3;2-5H2,1H3;2*1H4. The van der Waals surface area contributed by atoms with E-state index in [9.17, 15) is 43.9 Å². The topological polar surface area (TPSA) is 0 Å². The fourth-order valence-corrected chi connectivity index (χ4v) is 3.14. The Morgan fingerprint density at radius 3 is 1.27 bits per heavy atom. The van der Waals surface area contributed by atoms with Gasteiger partial charge >= 0.3 is 17.8 Å². The second-order valence-electron chi connectivity index (χ2n) is 7.92. The van der Waals surface area contributed by atoms with Crippen LogP contribution in [0.2, 0.25) is 0 Å². The van der Waals surface area contributed by atoms with Crippen molar-refractivity contribution in [3.8, 4) is 0 Å². The molecule has 2 saturated carbocycles. The molecule has 0 heterocycles. The van der Waals surface area contributed by atoms with Crippen LogP contribution in [-0.4, -0.2) is 35.3 Å². The zero-order valence-electron chi connectivity index (χ0n) is 15.8. The monoisotopic (exact) mass is 462 g/mol. The minimum absolute atomic E-state index is 0. The van der Waals surface area contributed by atoms with Gasteiger partial charge in [0.1, 0.15) is 17.5 Å². The lowest BCUT2D eigenvalue weighted by Gasteiger charge is -2.23. The van der Waals surface area contributed by atoms with E-state index in [2.05, 4.69) is 0 Å². The van der Waals surface area contributed by atoms with Crippen LogP contribution in [0.3, 0.4) is 0 Å². The first-order chi connectivity index (χ1) is 12.4. The van der Waals surface area contributed by atoms with Crippen molar-refractivity contribution in [2.75, 3.05) is 0 Å². The maximum atomic E-state index is 12.6. The van der Waals surface area contributed by atoms with Gasteiger partial charge in [-0.1, -0.05) is 27.7 Å². The van der Waals surface area contributed by atoms with Crippen LogP contribution < -0.4 is 0 Å². The maximum absolute atomic E-state index is 12.6. The van der Waals surface area contributed by atoms with Crippen molar-refractivity contribution in [2.24, 2.45) is 0 Å². The van der Waals surface area contributed by atoms with Gasteiger partial charge in [0.05, 0.1) is 0 Å². The molecule has 2 fully saturated rings. The van der Waals surface area contributed by atoms with E-state index in [1.807, 2.05) is 0 Å². The van der Waals surface area contributed by atoms with E-state index in [-0.39, 0.29) is 21.8 Å². The molecule has 0 radical (unpaired) electrons. The first-order valence-corrected chi connectivity index (χ1v) is 8.93. The summed E-state index contributed by atoms with van der Waals surface area (Å²) >= 11 is 0. The van der Waals surface area contributed by atoms with Crippen LogP contribution in [0, 0.1) is 0 Å². The molecule has 0 amide bonds. The molecule has 0 aromatic heterocycles. The van der Waals surface area contributed by atoms with Crippen LogP contribution in [0.1, 0.15) is 80.6 Å². The van der Waals surface area contributed by atoms with E-state index in [1.165, 1.54) is 6.92 Å². The molecule has 3 aliphatic carbocycles. The van der Waals surface area contributed by atoms with Gasteiger partial charge in [-0.3, -0.25) is 0 Å². The Morgan fingerprint density at radius 2 is 1.17 bits per heavy atom. The highest BCUT2D eigenvalue weighted by Crippen LogP contribution is 2.59. The summed E-state index contributed by atoms with van der Waals surface area (Å²) in [4.78, 5) is 0. The zero-order valence-corrected chi connectivity index (χ0v) is 15.8. The van der Waals surface area contributed by atoms with Crippen LogP contribution in [0.5, 0.6) is 0 Å². The molecule has 0 aliphatic heterocycles. The summed E-state index contributed by atoms with van der Waals surface area (Å²) in [6.45, 7) is 3.24. The number of hydrogen-bond acceptors (Lipinski definition) is 0. The third-order valence-electron chi connectivity index (χ3n) is 5.29. The number of alkyl halides is 9. The summed E-state index contributed by atoms with van der Waals surface area (Å²) < 4.78 is 123. The van der Waals surface area contributed by atoms with Crippen molar-refractivity contribution in [1.29, 1.82) is 0 Å². The average Bonchev–Trinajstić information content (AvgIpc) is 3.12. The highest BCUT2D eigenvalue weighted by atomic mass is 19.3. The lowest BCUT2D eigenvalue weighted by Crippen LogP contribution is -2.48. The van der Waals surface area contributed by atoms with Gasteiger partial charge < -0.3 is 0 Å². The van der Waals surface area contributed by atoms with Gasteiger partial charge in [-0.05, 0) is 52.9 Å². The highest BCUT2D eigenvalue weighted by molar-refractivity contribution is 5.35. The van der Waals surface area contributed by atoms with Crippen LogP contribution in [0.25, 0.3) is 0 Å². The largest absolute Gasteiger partial charge is 0.382 e. The van der Waals surface area contributed by atoms with E-state index in [0.717, 1.165) is 25.7 Å². The fourth-order valence-electron chi connectivity index (χ4n) is 3.14. The molecule has 0 bridgehead atoms. The summed E-state index contributed by atoms with van der Waals surface area (Å²) in [7, 11) is 0. The molecule has 0 aromatic rings. The Bertz CT molecular complexity index is 544. The lowest BCUT2D eigenvalue weighted by atomic mass is 10.1. The van der Waals surface area contributed by atoms with Gasteiger partial charge in [0.15, 0.2) is 5.83 Å². The number of halogens is 10. The number of allylic oxidation sites excluding steroid dienone is 2. The molecule has 3 rings (SSSR count). The van der Waals surface area contributed by atoms with Crippen molar-refractivity contribution in [3.63, 3.8) is 0 Å². The van der Waals surface area contributed by atoms with Crippen LogP contribution in [-0.2, 0) is 0 Å². The quantitative estimate of drug-likeness (QED) is 0.315. The van der Waals surface area contributed by atoms with E-state index < -0.39 is 46.7 Å². The van der Waals surface area contributed by atoms with Gasteiger partial charge in [-0.15, -0.1) is 0 Å². The predicted molar refractivity (Wildman–Crippen MR) is 98.4 cm³/mol. The first kappa shape index (κ1) is 31.2. The Kier molecular flexibility index (Phi) is 10.5. The average molecular weight is 462 g/mol. The molecule has 0 aromatic carbocycles. The summed E-state index contributed by atoms with van der Waals surface area (Å²) in [6.07, 6.45) is 4.05. The van der Waals surface area contributed by atoms with Gasteiger partial charge in [0.25, 0.3) is 0 Å². The lowest BCUT2D eigenvalue weighted by molar-refractivity contribution is -0.268. The Hall–Kier alpha value is -0.960. The normalized spacial score (nSPS) is 32.1. The molecule has 10 heteroatoms. The highest BCUT2D eigenvalue weighted by Gasteiger charge is 2.80. The molecular weight excluding hydrogens is 430 g/mol. The molecule has 0 spiro atoms. The minimum Gasteiger partial charge on any atom is -0.244 e. The Morgan fingerprint density at radius 1 is 0.733 bits per heavy atom. The molecule has 0 N–H and O–H groups in total. The van der Waals surface area contributed by atoms with E-state index in [4.69, 9.17) is 0 Å². The van der Waals surface area contributed by atoms with Crippen LogP contribution in [0.15, 0.2) is 11.4 Å². The Balaban J connectivity index is 0. The maximum Gasteiger partial charge on any atom is 0.382 e. The van der Waals surface area contributed by atoms with Crippen molar-refractivity contribution in [3.05, 3.63) is 11.4 Å². The van der Waals surface area contributed by atoms with E-state index in [0.29, 0.717) is 19.3 Å². The minimum atomic E-state index is -5.69. The number of hydrogen-bond donors (Lipinski definition) is 0. The summed E-state index contributed by atoms with van der Waals surface area (Å²) in [5, 5.41) is 0. The van der Waals surface area contributed by atoms with Gasteiger partial charge in [-0.25, -0.2) is 17.6 Å². The molecule has 0 saturated heterocycles. The smallest absolute Gasteiger partial charge is 0.244 e. The predicted octanol–water partition coefficient (Wildman–Crippen LogP) is 8.95. The van der Waals surface area contributed by atoms with Crippen LogP contribution in [0.4, 0.5) is 43.9 Å². The molecule has 30 heavy (non-hydrogen) atoms. The Labute approximate surface area is 172 Å². The second kappa shape index (κ2) is 10.1. The van der Waals surface area contributed by atoms with Gasteiger partial charge in [0, 0.05) is 5.57 Å². The summed E-state index contributed by atoms with van der Waals surface area (Å²) in [5.41, 5.74) is -4.23. The summed E-state index contributed by atoms with van der Waals surface area (Å²) in [6, 6.07) is 0. The SMILES string of the molecule is C.C.CC1(F)CCCC1.CC1(F)CCCC1F.CC1=C(F)C(F)(F)C(F)(F)C1(F)F. The third-order valence-corrected chi connectivity index (χ3v) is 5.29. The molecule has 3 aliphatic rings. The van der Waals surface area contributed by atoms with Crippen molar-refractivity contribution in [1.82, 2.24) is 0 Å². The van der Waals surface area contributed by atoms with Crippen LogP contribution >= 0.6 is 0 Å². The van der Waals surface area contributed by atoms with E-state index >= 15 is 0 Å².